The smallest absolute Gasteiger partial charge is 0.0314 e. The van der Waals surface area contributed by atoms with Crippen LogP contribution in [0.15, 0.2) is 97.1 Å². The maximum atomic E-state index is 5.62. The first-order valence-electron chi connectivity index (χ1n) is 9.08. The fraction of sp³-hybridized carbons (Fsp3) is 0.0400. The molecule has 0 radical (unpaired) electrons. The molecule has 0 unspecified atom stereocenters. The maximum absolute atomic E-state index is 5.62. The lowest BCUT2D eigenvalue weighted by atomic mass is 9.81. The van der Waals surface area contributed by atoms with Crippen molar-refractivity contribution in [2.24, 2.45) is 0 Å². The molecule has 4 N–H and O–H groups in total. The summed E-state index contributed by atoms with van der Waals surface area (Å²) >= 11 is 0. The van der Waals surface area contributed by atoms with Gasteiger partial charge in [-0.2, -0.15) is 0 Å². The predicted molar refractivity (Wildman–Crippen MR) is 115 cm³/mol. The number of nitrogens with two attached hydrogens (primary N) is 2. The number of nitrogen functional groups attached to an aromatic ring is 2. The van der Waals surface area contributed by atoms with E-state index in [0.717, 1.165) is 17.8 Å². The van der Waals surface area contributed by atoms with Crippen LogP contribution in [-0.4, -0.2) is 0 Å². The van der Waals surface area contributed by atoms with E-state index >= 15 is 0 Å². The van der Waals surface area contributed by atoms with Gasteiger partial charge in [-0.15, -0.1) is 0 Å². The van der Waals surface area contributed by atoms with Crippen LogP contribution in [0.3, 0.4) is 0 Å². The molecular weight excluding hydrogens is 328 g/mol. The molecule has 2 heteroatoms. The Bertz CT molecular complexity index is 905. The van der Waals surface area contributed by atoms with Crippen molar-refractivity contribution >= 4 is 11.4 Å². The quantitative estimate of drug-likeness (QED) is 0.397. The van der Waals surface area contributed by atoms with Crippen molar-refractivity contribution < 1.29 is 0 Å². The van der Waals surface area contributed by atoms with E-state index in [2.05, 4.69) is 48.5 Å². The Hall–Kier alpha value is -3.52. The number of rotatable bonds is 2. The van der Waals surface area contributed by atoms with E-state index in [1.54, 1.807) is 0 Å². The fourth-order valence-corrected chi connectivity index (χ4v) is 3.35. The van der Waals surface area contributed by atoms with Crippen LogP contribution in [0.1, 0.15) is 11.1 Å². The molecular formula is C25H22N2. The zero-order chi connectivity index (χ0) is 18.6. The fourth-order valence-electron chi connectivity index (χ4n) is 3.35. The van der Waals surface area contributed by atoms with Gasteiger partial charge in [0.2, 0.25) is 0 Å². The summed E-state index contributed by atoms with van der Waals surface area (Å²) in [6, 6.07) is 33.0. The van der Waals surface area contributed by atoms with Crippen molar-refractivity contribution in [2.75, 3.05) is 11.5 Å². The molecule has 0 aliphatic heterocycles. The van der Waals surface area contributed by atoms with E-state index in [-0.39, 0.29) is 0 Å². The van der Waals surface area contributed by atoms with Gasteiger partial charge in [-0.3, -0.25) is 0 Å². The van der Waals surface area contributed by atoms with Crippen LogP contribution in [0.25, 0.3) is 22.3 Å². The van der Waals surface area contributed by atoms with Crippen LogP contribution in [-0.2, 0) is 6.42 Å². The Kier molecular flexibility index (Phi) is 4.63. The molecule has 1 aliphatic rings. The van der Waals surface area contributed by atoms with Crippen LogP contribution < -0.4 is 11.5 Å². The van der Waals surface area contributed by atoms with Gasteiger partial charge < -0.3 is 11.5 Å². The number of benzene rings is 4. The van der Waals surface area contributed by atoms with Gasteiger partial charge in [-0.1, -0.05) is 72.8 Å². The number of fused-ring (bicyclic) bond motifs is 4. The summed E-state index contributed by atoms with van der Waals surface area (Å²) in [5, 5.41) is 0. The van der Waals surface area contributed by atoms with Gasteiger partial charge in [-0.25, -0.2) is 0 Å². The van der Waals surface area contributed by atoms with Gasteiger partial charge in [-0.05, 0) is 64.1 Å². The first-order chi connectivity index (χ1) is 13.2. The number of hydrogen-bond acceptors (Lipinski definition) is 2. The lowest BCUT2D eigenvalue weighted by Crippen LogP contribution is -1.96. The van der Waals surface area contributed by atoms with Gasteiger partial charge in [0.1, 0.15) is 0 Å². The molecule has 0 fully saturated rings. The minimum absolute atomic E-state index is 0.802. The summed E-state index contributed by atoms with van der Waals surface area (Å²) in [6.45, 7) is 0. The third-order valence-corrected chi connectivity index (χ3v) is 4.80. The van der Waals surface area contributed by atoms with Crippen molar-refractivity contribution in [2.45, 2.75) is 6.42 Å². The zero-order valence-corrected chi connectivity index (χ0v) is 15.1. The molecule has 0 aromatic heterocycles. The molecule has 0 saturated carbocycles. The first-order valence-corrected chi connectivity index (χ1v) is 9.08. The normalized spacial score (nSPS) is 10.7. The van der Waals surface area contributed by atoms with Gasteiger partial charge in [0.25, 0.3) is 0 Å². The monoisotopic (exact) mass is 350 g/mol. The molecule has 132 valence electrons. The van der Waals surface area contributed by atoms with E-state index in [9.17, 15) is 0 Å². The van der Waals surface area contributed by atoms with E-state index in [4.69, 9.17) is 11.5 Å². The molecule has 0 saturated heterocycles. The molecule has 0 bridgehead atoms. The molecule has 0 atom stereocenters. The van der Waals surface area contributed by atoms with Gasteiger partial charge >= 0.3 is 0 Å². The molecule has 4 aromatic carbocycles. The van der Waals surface area contributed by atoms with Gasteiger partial charge in [0.15, 0.2) is 0 Å². The van der Waals surface area contributed by atoms with Crippen molar-refractivity contribution in [3.63, 3.8) is 0 Å². The molecule has 5 rings (SSSR count). The van der Waals surface area contributed by atoms with Crippen LogP contribution in [0.4, 0.5) is 11.4 Å². The van der Waals surface area contributed by atoms with Crippen LogP contribution in [0.5, 0.6) is 0 Å². The van der Waals surface area contributed by atoms with Gasteiger partial charge in [0.05, 0.1) is 0 Å². The van der Waals surface area contributed by atoms with Crippen molar-refractivity contribution in [3.8, 4) is 22.3 Å². The summed E-state index contributed by atoms with van der Waals surface area (Å²) < 4.78 is 0. The van der Waals surface area contributed by atoms with Crippen molar-refractivity contribution in [3.05, 3.63) is 108 Å². The highest BCUT2D eigenvalue weighted by Crippen LogP contribution is 2.46. The van der Waals surface area contributed by atoms with Crippen molar-refractivity contribution in [1.29, 1.82) is 0 Å². The summed E-state index contributed by atoms with van der Waals surface area (Å²) in [5.41, 5.74) is 21.0. The third-order valence-electron chi connectivity index (χ3n) is 4.80. The van der Waals surface area contributed by atoms with Crippen molar-refractivity contribution in [1.82, 2.24) is 0 Å². The van der Waals surface area contributed by atoms with Gasteiger partial charge in [0, 0.05) is 11.4 Å². The lowest BCUT2D eigenvalue weighted by molar-refractivity contribution is 1.19. The Morgan fingerprint density at radius 2 is 0.704 bits per heavy atom. The molecule has 0 spiro atoms. The highest BCUT2D eigenvalue weighted by Gasteiger charge is 2.19. The molecule has 1 aliphatic carbocycles. The molecule has 0 heterocycles. The Labute approximate surface area is 160 Å². The average molecular weight is 350 g/mol. The second-order valence-electron chi connectivity index (χ2n) is 6.75. The molecule has 0 amide bonds. The SMILES string of the molecule is Nc1ccc(Cc2ccc(N)cc2)cc1.c1ccc2c(c1)-c1ccccc1-2. The summed E-state index contributed by atoms with van der Waals surface area (Å²) in [4.78, 5) is 0. The summed E-state index contributed by atoms with van der Waals surface area (Å²) in [6.07, 6.45) is 0.917. The maximum Gasteiger partial charge on any atom is 0.0314 e. The second-order valence-corrected chi connectivity index (χ2v) is 6.75. The Morgan fingerprint density at radius 3 is 1.00 bits per heavy atom. The zero-order valence-electron chi connectivity index (χ0n) is 15.1. The average Bonchev–Trinajstić information content (AvgIpc) is 2.70. The van der Waals surface area contributed by atoms with E-state index < -0.39 is 0 Å². The van der Waals surface area contributed by atoms with E-state index in [1.807, 2.05) is 48.5 Å². The standard InChI is InChI=1S/C13H14N2.C12H8/c14-12-5-1-10(2-6-12)9-11-3-7-13(15)8-4-11;1-2-6-10-9(5-1)11-7-3-4-8-12(10)11/h1-8H,9,14-15H2;1-8H. The van der Waals surface area contributed by atoms with E-state index in [1.165, 1.54) is 33.4 Å². The van der Waals surface area contributed by atoms with Crippen LogP contribution in [0.2, 0.25) is 0 Å². The topological polar surface area (TPSA) is 52.0 Å². The summed E-state index contributed by atoms with van der Waals surface area (Å²) in [7, 11) is 0. The van der Waals surface area contributed by atoms with Crippen LogP contribution in [0, 0.1) is 0 Å². The lowest BCUT2D eigenvalue weighted by Gasteiger charge is -2.22. The number of hydrogen-bond donors (Lipinski definition) is 2. The second kappa shape index (κ2) is 7.38. The molecule has 2 nitrogen and oxygen atoms in total. The Balaban J connectivity index is 0.000000136. The highest BCUT2D eigenvalue weighted by atomic mass is 14.5. The van der Waals surface area contributed by atoms with Crippen LogP contribution >= 0.6 is 0 Å². The predicted octanol–water partition coefficient (Wildman–Crippen LogP) is 5.78. The first kappa shape index (κ1) is 16.9. The summed E-state index contributed by atoms with van der Waals surface area (Å²) in [5.74, 6) is 0. The highest BCUT2D eigenvalue weighted by molar-refractivity contribution is 6.02. The minimum Gasteiger partial charge on any atom is -0.399 e. The van der Waals surface area contributed by atoms with E-state index in [0.29, 0.717) is 0 Å². The Morgan fingerprint density at radius 1 is 0.407 bits per heavy atom. The molecule has 4 aromatic rings. The molecule has 27 heavy (non-hydrogen) atoms. The number of anilines is 2. The third kappa shape index (κ3) is 3.70. The largest absolute Gasteiger partial charge is 0.399 e. The minimum atomic E-state index is 0.802.